The lowest BCUT2D eigenvalue weighted by molar-refractivity contribution is -0.131. The number of imide groups is 1. The predicted octanol–water partition coefficient (Wildman–Crippen LogP) is 3.44. The SMILES string of the molecule is Clc1ccccc1Cl.O=C1CCC(=O)N1Br. The van der Waals surface area contributed by atoms with Crippen LogP contribution in [0.2, 0.25) is 10.0 Å². The molecule has 1 aromatic rings. The van der Waals surface area contributed by atoms with E-state index < -0.39 is 0 Å². The second kappa shape index (κ2) is 6.23. The normalized spacial score (nSPS) is 14.8. The molecule has 3 nitrogen and oxygen atoms in total. The molecule has 0 saturated carbocycles. The van der Waals surface area contributed by atoms with Gasteiger partial charge in [-0.05, 0) is 12.1 Å². The number of rotatable bonds is 0. The van der Waals surface area contributed by atoms with Crippen molar-refractivity contribution in [1.29, 1.82) is 0 Å². The van der Waals surface area contributed by atoms with Crippen LogP contribution in [0.1, 0.15) is 12.8 Å². The molecule has 0 aromatic heterocycles. The van der Waals surface area contributed by atoms with E-state index >= 15 is 0 Å². The Balaban J connectivity index is 0.000000160. The number of benzene rings is 1. The van der Waals surface area contributed by atoms with E-state index in [-0.39, 0.29) is 11.8 Å². The summed E-state index contributed by atoms with van der Waals surface area (Å²) < 4.78 is 0.979. The van der Waals surface area contributed by atoms with Gasteiger partial charge < -0.3 is 0 Å². The second-order valence-corrected chi connectivity index (χ2v) is 4.51. The van der Waals surface area contributed by atoms with Crippen LogP contribution in [0, 0.1) is 0 Å². The first-order valence-corrected chi connectivity index (χ1v) is 5.90. The zero-order chi connectivity index (χ0) is 12.1. The lowest BCUT2D eigenvalue weighted by atomic mass is 10.4. The Hall–Kier alpha value is -0.580. The van der Waals surface area contributed by atoms with Gasteiger partial charge in [-0.25, -0.2) is 3.93 Å². The van der Waals surface area contributed by atoms with Gasteiger partial charge in [-0.2, -0.15) is 0 Å². The van der Waals surface area contributed by atoms with Crippen molar-refractivity contribution in [3.63, 3.8) is 0 Å². The maximum Gasteiger partial charge on any atom is 0.239 e. The van der Waals surface area contributed by atoms with Crippen molar-refractivity contribution in [2.75, 3.05) is 0 Å². The summed E-state index contributed by atoms with van der Waals surface area (Å²) in [6.45, 7) is 0. The van der Waals surface area contributed by atoms with E-state index in [0.29, 0.717) is 22.9 Å². The molecule has 0 aliphatic carbocycles. The summed E-state index contributed by atoms with van der Waals surface area (Å²) in [6, 6.07) is 7.19. The molecule has 1 aromatic carbocycles. The zero-order valence-electron chi connectivity index (χ0n) is 8.12. The molecule has 6 heteroatoms. The molecule has 1 saturated heterocycles. The largest absolute Gasteiger partial charge is 0.274 e. The van der Waals surface area contributed by atoms with Crippen molar-refractivity contribution in [1.82, 2.24) is 3.93 Å². The third kappa shape index (κ3) is 3.77. The van der Waals surface area contributed by atoms with Crippen molar-refractivity contribution < 1.29 is 9.59 Å². The molecule has 0 N–H and O–H groups in total. The maximum absolute atomic E-state index is 10.4. The van der Waals surface area contributed by atoms with E-state index in [1.54, 1.807) is 12.1 Å². The highest BCUT2D eigenvalue weighted by Gasteiger charge is 2.26. The number of hydrogen-bond acceptors (Lipinski definition) is 2. The van der Waals surface area contributed by atoms with Gasteiger partial charge in [0.05, 0.1) is 26.2 Å². The minimum absolute atomic E-state index is 0.144. The zero-order valence-corrected chi connectivity index (χ0v) is 11.2. The summed E-state index contributed by atoms with van der Waals surface area (Å²) in [4.78, 5) is 20.9. The van der Waals surface area contributed by atoms with Crippen molar-refractivity contribution in [2.24, 2.45) is 0 Å². The Morgan fingerprint density at radius 3 is 1.56 bits per heavy atom. The molecule has 2 rings (SSSR count). The first kappa shape index (κ1) is 13.5. The van der Waals surface area contributed by atoms with Gasteiger partial charge in [0.25, 0.3) is 0 Å². The predicted molar refractivity (Wildman–Crippen MR) is 66.5 cm³/mol. The molecule has 16 heavy (non-hydrogen) atoms. The molecule has 0 atom stereocenters. The van der Waals surface area contributed by atoms with Crippen molar-refractivity contribution in [3.8, 4) is 0 Å². The first-order valence-electron chi connectivity index (χ1n) is 4.44. The number of nitrogens with zero attached hydrogens (tertiary/aromatic N) is 1. The number of carbonyl (C=O) groups excluding carboxylic acids is 2. The third-order valence-electron chi connectivity index (χ3n) is 1.82. The topological polar surface area (TPSA) is 37.4 Å². The van der Waals surface area contributed by atoms with Crippen LogP contribution in [0.25, 0.3) is 0 Å². The van der Waals surface area contributed by atoms with E-state index in [2.05, 4.69) is 16.1 Å². The average Bonchev–Trinajstić information content (AvgIpc) is 2.55. The lowest BCUT2D eigenvalue weighted by Gasteiger charge is -1.97. The number of carbonyl (C=O) groups is 2. The monoisotopic (exact) mass is 323 g/mol. The molecule has 0 spiro atoms. The minimum Gasteiger partial charge on any atom is -0.274 e. The van der Waals surface area contributed by atoms with Gasteiger partial charge >= 0.3 is 0 Å². The molecule has 1 fully saturated rings. The molecular formula is C10H8BrCl2NO2. The Kier molecular flexibility index (Phi) is 5.25. The van der Waals surface area contributed by atoms with Crippen LogP contribution in [0.5, 0.6) is 0 Å². The Morgan fingerprint density at radius 2 is 1.38 bits per heavy atom. The smallest absolute Gasteiger partial charge is 0.239 e. The van der Waals surface area contributed by atoms with Crippen LogP contribution in [0.4, 0.5) is 0 Å². The van der Waals surface area contributed by atoms with E-state index in [1.165, 1.54) is 0 Å². The quantitative estimate of drug-likeness (QED) is 0.541. The van der Waals surface area contributed by atoms with Gasteiger partial charge in [0.1, 0.15) is 0 Å². The molecule has 0 bridgehead atoms. The van der Waals surface area contributed by atoms with Gasteiger partial charge in [0.15, 0.2) is 0 Å². The molecule has 1 aliphatic rings. The minimum atomic E-state index is -0.144. The lowest BCUT2D eigenvalue weighted by Crippen LogP contribution is -2.16. The van der Waals surface area contributed by atoms with Crippen LogP contribution in [0.15, 0.2) is 24.3 Å². The van der Waals surface area contributed by atoms with E-state index in [0.717, 1.165) is 3.93 Å². The molecule has 86 valence electrons. The molecule has 0 unspecified atom stereocenters. The number of amides is 2. The average molecular weight is 325 g/mol. The summed E-state index contributed by atoms with van der Waals surface area (Å²) in [5.74, 6) is -0.287. The van der Waals surface area contributed by atoms with E-state index in [9.17, 15) is 9.59 Å². The Bertz CT molecular complexity index is 375. The highest BCUT2D eigenvalue weighted by Crippen LogP contribution is 2.19. The fourth-order valence-corrected chi connectivity index (χ4v) is 1.61. The summed E-state index contributed by atoms with van der Waals surface area (Å²) >= 11 is 14.0. The standard InChI is InChI=1S/C6H4Cl2.C4H4BrNO2/c7-5-3-1-2-4-6(5)8;5-6-3(7)1-2-4(6)8/h1-4H;1-2H2. The highest BCUT2D eigenvalue weighted by atomic mass is 79.9. The highest BCUT2D eigenvalue weighted by molar-refractivity contribution is 9.08. The van der Waals surface area contributed by atoms with Crippen LogP contribution < -0.4 is 0 Å². The van der Waals surface area contributed by atoms with E-state index in [4.69, 9.17) is 23.2 Å². The molecule has 1 aliphatic heterocycles. The molecule has 1 heterocycles. The molecule has 0 radical (unpaired) electrons. The number of halogens is 3. The van der Waals surface area contributed by atoms with Gasteiger partial charge in [0.2, 0.25) is 11.8 Å². The van der Waals surface area contributed by atoms with Crippen LogP contribution in [-0.2, 0) is 9.59 Å². The maximum atomic E-state index is 10.4. The fourth-order valence-electron chi connectivity index (χ4n) is 0.989. The molecule has 2 amide bonds. The van der Waals surface area contributed by atoms with Crippen LogP contribution in [-0.4, -0.2) is 15.7 Å². The van der Waals surface area contributed by atoms with Gasteiger partial charge in [-0.1, -0.05) is 35.3 Å². The summed E-state index contributed by atoms with van der Waals surface area (Å²) in [5.41, 5.74) is 0. The van der Waals surface area contributed by atoms with Crippen LogP contribution >= 0.6 is 39.3 Å². The first-order chi connectivity index (χ1) is 7.52. The summed E-state index contributed by atoms with van der Waals surface area (Å²) in [6.07, 6.45) is 0.703. The van der Waals surface area contributed by atoms with Crippen LogP contribution in [0.3, 0.4) is 0 Å². The summed E-state index contributed by atoms with van der Waals surface area (Å²) in [5, 5.41) is 1.21. The van der Waals surface area contributed by atoms with Crippen molar-refractivity contribution >= 4 is 51.2 Å². The van der Waals surface area contributed by atoms with Gasteiger partial charge in [-0.15, -0.1) is 0 Å². The third-order valence-corrected chi connectivity index (χ3v) is 3.36. The fraction of sp³-hybridized carbons (Fsp3) is 0.200. The Labute approximate surface area is 112 Å². The van der Waals surface area contributed by atoms with Gasteiger partial charge in [-0.3, -0.25) is 9.59 Å². The molecular weight excluding hydrogens is 317 g/mol. The van der Waals surface area contributed by atoms with E-state index in [1.807, 2.05) is 12.1 Å². The summed E-state index contributed by atoms with van der Waals surface area (Å²) in [7, 11) is 0. The van der Waals surface area contributed by atoms with Crippen molar-refractivity contribution in [2.45, 2.75) is 12.8 Å². The second-order valence-electron chi connectivity index (χ2n) is 2.98. The number of hydrogen-bond donors (Lipinski definition) is 0. The van der Waals surface area contributed by atoms with Crippen molar-refractivity contribution in [3.05, 3.63) is 34.3 Å². The van der Waals surface area contributed by atoms with Gasteiger partial charge in [0, 0.05) is 12.8 Å². The Morgan fingerprint density at radius 1 is 1.00 bits per heavy atom.